The van der Waals surface area contributed by atoms with Crippen LogP contribution in [0.5, 0.6) is 11.5 Å². The molecule has 13 nitrogen and oxygen atoms in total. The van der Waals surface area contributed by atoms with Gasteiger partial charge in [0.05, 0.1) is 23.0 Å². The van der Waals surface area contributed by atoms with Gasteiger partial charge in [0.15, 0.2) is 17.2 Å². The number of hydrazone groups is 1. The van der Waals surface area contributed by atoms with Crippen molar-refractivity contribution in [3.8, 4) is 17.3 Å². The molecule has 2 aromatic heterocycles. The van der Waals surface area contributed by atoms with Gasteiger partial charge in [0.2, 0.25) is 11.6 Å². The third kappa shape index (κ3) is 5.43. The topological polar surface area (TPSA) is 170 Å². The second kappa shape index (κ2) is 10.8. The van der Waals surface area contributed by atoms with Gasteiger partial charge in [-0.15, -0.1) is 5.10 Å². The predicted molar refractivity (Wildman–Crippen MR) is 129 cm³/mol. The van der Waals surface area contributed by atoms with E-state index >= 15 is 0 Å². The highest BCUT2D eigenvalue weighted by Gasteiger charge is 2.28. The molecule has 0 spiro atoms. The number of carbonyl (C=O) groups excluding carboxylic acids is 1. The summed E-state index contributed by atoms with van der Waals surface area (Å²) in [6.45, 7) is 5.64. The molecule has 1 amide bonds. The molecular formula is C21H26BrN9O4. The number of ether oxygens (including phenoxy) is 1. The molecule has 3 heterocycles. The van der Waals surface area contributed by atoms with Gasteiger partial charge in [-0.1, -0.05) is 11.6 Å². The molecule has 35 heavy (non-hydrogen) atoms. The van der Waals surface area contributed by atoms with E-state index in [0.29, 0.717) is 40.7 Å². The lowest BCUT2D eigenvalue weighted by Crippen LogP contribution is -2.38. The predicted octanol–water partition coefficient (Wildman–Crippen LogP) is 2.24. The Balaban J connectivity index is 1.57. The van der Waals surface area contributed by atoms with Crippen molar-refractivity contribution in [2.24, 2.45) is 5.10 Å². The van der Waals surface area contributed by atoms with Crippen LogP contribution in [-0.4, -0.2) is 66.6 Å². The minimum absolute atomic E-state index is 0.0112. The molecule has 186 valence electrons. The standard InChI is InChI=1S/C21H26BrN9O4/c1-3-34-16-9-13(8-14(22)18(16)32)10-24-26-21(33)17-15(11-30-7-5-4-6-12(30)2)31(29-25-17)20-19(23)27-35-28-20/h8-10,12,32H,3-7,11H2,1-2H3,(H2,23,27)(H,26,33). The monoisotopic (exact) mass is 547 g/mol. The number of likely N-dealkylation sites (tertiary alicyclic amines) is 1. The van der Waals surface area contributed by atoms with Crippen molar-refractivity contribution < 1.29 is 19.3 Å². The van der Waals surface area contributed by atoms with E-state index in [1.54, 1.807) is 12.1 Å². The van der Waals surface area contributed by atoms with E-state index in [0.717, 1.165) is 25.8 Å². The largest absolute Gasteiger partial charge is 0.503 e. The molecule has 0 aliphatic carbocycles. The number of hydrogen-bond donors (Lipinski definition) is 3. The number of hydrogen-bond acceptors (Lipinski definition) is 11. The number of nitrogens with two attached hydrogens (primary N) is 1. The number of halogens is 1. The first-order chi connectivity index (χ1) is 16.9. The van der Waals surface area contributed by atoms with Crippen LogP contribution in [0.3, 0.4) is 0 Å². The second-order valence-corrected chi connectivity index (χ2v) is 8.92. The normalized spacial score (nSPS) is 16.6. The molecule has 14 heteroatoms. The van der Waals surface area contributed by atoms with Gasteiger partial charge >= 0.3 is 0 Å². The maximum atomic E-state index is 13.0. The lowest BCUT2D eigenvalue weighted by Gasteiger charge is -2.33. The number of benzene rings is 1. The number of phenolic OH excluding ortho intramolecular Hbond substituents is 1. The molecule has 3 aromatic rings. The number of aromatic nitrogens is 5. The lowest BCUT2D eigenvalue weighted by molar-refractivity contribution is 0.0945. The highest BCUT2D eigenvalue weighted by Crippen LogP contribution is 2.35. The maximum Gasteiger partial charge on any atom is 0.293 e. The van der Waals surface area contributed by atoms with Crippen molar-refractivity contribution in [1.29, 1.82) is 0 Å². The number of rotatable bonds is 8. The van der Waals surface area contributed by atoms with Crippen molar-refractivity contribution in [2.45, 2.75) is 45.7 Å². The first kappa shape index (κ1) is 24.6. The number of nitrogens with zero attached hydrogens (tertiary/aromatic N) is 7. The summed E-state index contributed by atoms with van der Waals surface area (Å²) in [4.78, 5) is 15.3. The average Bonchev–Trinajstić information content (AvgIpc) is 3.44. The smallest absolute Gasteiger partial charge is 0.293 e. The molecule has 1 fully saturated rings. The van der Waals surface area contributed by atoms with E-state index in [1.807, 2.05) is 6.92 Å². The summed E-state index contributed by atoms with van der Waals surface area (Å²) in [7, 11) is 0. The molecule has 1 aliphatic rings. The minimum Gasteiger partial charge on any atom is -0.503 e. The quantitative estimate of drug-likeness (QED) is 0.280. The van der Waals surface area contributed by atoms with Crippen molar-refractivity contribution in [3.05, 3.63) is 33.6 Å². The summed E-state index contributed by atoms with van der Waals surface area (Å²) in [6.07, 6.45) is 4.72. The van der Waals surface area contributed by atoms with Crippen molar-refractivity contribution in [2.75, 3.05) is 18.9 Å². The Bertz CT molecular complexity index is 1230. The molecule has 0 radical (unpaired) electrons. The number of nitrogens with one attached hydrogen (secondary N) is 1. The van der Waals surface area contributed by atoms with Crippen LogP contribution in [0, 0.1) is 0 Å². The van der Waals surface area contributed by atoms with Gasteiger partial charge in [-0.2, -0.15) is 9.78 Å². The summed E-state index contributed by atoms with van der Waals surface area (Å²) in [5, 5.41) is 29.7. The van der Waals surface area contributed by atoms with Crippen molar-refractivity contribution in [3.63, 3.8) is 0 Å². The van der Waals surface area contributed by atoms with Gasteiger partial charge in [0, 0.05) is 12.6 Å². The van der Waals surface area contributed by atoms with Crippen LogP contribution in [0.15, 0.2) is 26.3 Å². The van der Waals surface area contributed by atoms with Crippen LogP contribution in [0.4, 0.5) is 5.82 Å². The zero-order chi connectivity index (χ0) is 24.9. The number of nitrogen functional groups attached to an aromatic ring is 1. The van der Waals surface area contributed by atoms with Gasteiger partial charge in [-0.3, -0.25) is 9.69 Å². The zero-order valence-electron chi connectivity index (χ0n) is 19.3. The fourth-order valence-corrected chi connectivity index (χ4v) is 4.32. The van der Waals surface area contributed by atoms with Gasteiger partial charge in [-0.05, 0) is 77.2 Å². The Morgan fingerprint density at radius 2 is 2.26 bits per heavy atom. The van der Waals surface area contributed by atoms with E-state index in [2.05, 4.69) is 58.9 Å². The van der Waals surface area contributed by atoms with E-state index in [9.17, 15) is 9.90 Å². The van der Waals surface area contributed by atoms with E-state index in [4.69, 9.17) is 15.1 Å². The zero-order valence-corrected chi connectivity index (χ0v) is 20.9. The summed E-state index contributed by atoms with van der Waals surface area (Å²) >= 11 is 3.28. The van der Waals surface area contributed by atoms with Gasteiger partial charge in [0.1, 0.15) is 0 Å². The van der Waals surface area contributed by atoms with Crippen LogP contribution in [0.25, 0.3) is 5.82 Å². The molecule has 1 aromatic carbocycles. The highest BCUT2D eigenvalue weighted by atomic mass is 79.9. The van der Waals surface area contributed by atoms with Gasteiger partial charge in [-0.25, -0.2) is 10.1 Å². The van der Waals surface area contributed by atoms with Crippen LogP contribution in [-0.2, 0) is 6.54 Å². The third-order valence-corrected chi connectivity index (χ3v) is 6.30. The maximum absolute atomic E-state index is 13.0. The Morgan fingerprint density at radius 1 is 1.43 bits per heavy atom. The van der Waals surface area contributed by atoms with E-state index < -0.39 is 5.91 Å². The van der Waals surface area contributed by atoms with Crippen LogP contribution < -0.4 is 15.9 Å². The summed E-state index contributed by atoms with van der Waals surface area (Å²) < 4.78 is 11.9. The first-order valence-electron chi connectivity index (χ1n) is 11.1. The number of aromatic hydroxyl groups is 1. The minimum atomic E-state index is -0.551. The highest BCUT2D eigenvalue weighted by molar-refractivity contribution is 9.10. The average molecular weight is 548 g/mol. The number of amides is 1. The molecule has 4 rings (SSSR count). The van der Waals surface area contributed by atoms with Crippen molar-refractivity contribution in [1.82, 2.24) is 35.6 Å². The van der Waals surface area contributed by atoms with Crippen molar-refractivity contribution >= 4 is 33.9 Å². The molecule has 1 unspecified atom stereocenters. The van der Waals surface area contributed by atoms with Gasteiger partial charge in [0.25, 0.3) is 5.91 Å². The summed E-state index contributed by atoms with van der Waals surface area (Å²) in [5.74, 6) is -0.0600. The fraction of sp³-hybridized carbons (Fsp3) is 0.429. The molecule has 4 N–H and O–H groups in total. The Labute approximate surface area is 209 Å². The van der Waals surface area contributed by atoms with Crippen LogP contribution in [0.1, 0.15) is 54.9 Å². The van der Waals surface area contributed by atoms with Gasteiger partial charge < -0.3 is 15.6 Å². The molecule has 1 aliphatic heterocycles. The fourth-order valence-electron chi connectivity index (χ4n) is 3.86. The van der Waals surface area contributed by atoms with Crippen LogP contribution in [0.2, 0.25) is 0 Å². The molecule has 1 saturated heterocycles. The summed E-state index contributed by atoms with van der Waals surface area (Å²) in [6, 6.07) is 3.59. The Kier molecular flexibility index (Phi) is 7.60. The SMILES string of the molecule is CCOc1cc(C=NNC(=O)c2nnn(-c3nonc3N)c2CN2CCCCC2C)cc(Br)c1O. The molecule has 0 saturated carbocycles. The number of piperidine rings is 1. The molecule has 1 atom stereocenters. The van der Waals surface area contributed by atoms with Crippen LogP contribution >= 0.6 is 15.9 Å². The molecule has 0 bridgehead atoms. The third-order valence-electron chi connectivity index (χ3n) is 5.70. The molecular weight excluding hydrogens is 522 g/mol. The summed E-state index contributed by atoms with van der Waals surface area (Å²) in [5.41, 5.74) is 9.53. The number of anilines is 1. The second-order valence-electron chi connectivity index (χ2n) is 8.07. The number of carbonyl (C=O) groups is 1. The first-order valence-corrected chi connectivity index (χ1v) is 11.9. The van der Waals surface area contributed by atoms with E-state index in [-0.39, 0.29) is 23.1 Å². The Hall–Kier alpha value is -3.52. The van der Waals surface area contributed by atoms with E-state index in [1.165, 1.54) is 10.9 Å². The lowest BCUT2D eigenvalue weighted by atomic mass is 10.0. The number of phenols is 1. The Morgan fingerprint density at radius 3 is 2.97 bits per heavy atom.